The van der Waals surface area contributed by atoms with Crippen molar-refractivity contribution in [1.82, 2.24) is 4.57 Å². The molecule has 4 aromatic rings. The number of aliphatic hydroxyl groups is 1. The molecular weight excluding hydrogens is 380 g/mol. The number of carbonyl (C=O) groups is 1. The largest absolute Gasteiger partial charge is 0.451 e. The van der Waals surface area contributed by atoms with E-state index in [2.05, 4.69) is 5.32 Å². The number of nitrogens with zero attached hydrogens (tertiary/aromatic N) is 1. The van der Waals surface area contributed by atoms with Crippen LogP contribution in [0.15, 0.2) is 63.9 Å². The molecule has 0 spiro atoms. The molecule has 2 N–H and O–H groups in total. The normalized spacial score (nSPS) is 12.4. The van der Waals surface area contributed by atoms with Gasteiger partial charge in [0.15, 0.2) is 5.76 Å². The van der Waals surface area contributed by atoms with Gasteiger partial charge in [-0.05, 0) is 49.4 Å². The number of benzene rings is 2. The highest BCUT2D eigenvalue weighted by atomic mass is 35.5. The summed E-state index contributed by atoms with van der Waals surface area (Å²) in [5.74, 6) is -0.273. The van der Waals surface area contributed by atoms with Gasteiger partial charge in [0, 0.05) is 33.1 Å². The Balaban J connectivity index is 1.69. The molecule has 7 heteroatoms. The second-order valence-corrected chi connectivity index (χ2v) is 7.07. The SMILES string of the molecule is CC(O)Cn1ccc2c(NC(=O)c3cc4cc(Cl)ccc4o3)cccc2c1=O. The summed E-state index contributed by atoms with van der Waals surface area (Å²) in [5.41, 5.74) is 0.837. The van der Waals surface area contributed by atoms with E-state index in [-0.39, 0.29) is 17.9 Å². The number of halogens is 1. The second-order valence-electron chi connectivity index (χ2n) is 6.64. The monoisotopic (exact) mass is 396 g/mol. The van der Waals surface area contributed by atoms with Gasteiger partial charge in [-0.25, -0.2) is 0 Å². The maximum atomic E-state index is 12.7. The van der Waals surface area contributed by atoms with E-state index in [0.29, 0.717) is 27.1 Å². The number of hydrogen-bond acceptors (Lipinski definition) is 4. The Hall–Kier alpha value is -3.09. The molecule has 0 fully saturated rings. The van der Waals surface area contributed by atoms with Crippen LogP contribution in [-0.4, -0.2) is 21.7 Å². The Morgan fingerprint density at radius 2 is 2.04 bits per heavy atom. The second kappa shape index (κ2) is 7.14. The molecule has 1 atom stereocenters. The average Bonchev–Trinajstić information content (AvgIpc) is 3.07. The maximum Gasteiger partial charge on any atom is 0.291 e. The van der Waals surface area contributed by atoms with Gasteiger partial charge in [-0.2, -0.15) is 0 Å². The van der Waals surface area contributed by atoms with Crippen LogP contribution in [0.1, 0.15) is 17.5 Å². The summed E-state index contributed by atoms with van der Waals surface area (Å²) >= 11 is 5.97. The van der Waals surface area contributed by atoms with Crippen molar-refractivity contribution in [3.8, 4) is 0 Å². The van der Waals surface area contributed by atoms with Crippen LogP contribution in [0.2, 0.25) is 5.02 Å². The minimum absolute atomic E-state index is 0.150. The van der Waals surface area contributed by atoms with Gasteiger partial charge in [0.1, 0.15) is 5.58 Å². The first kappa shape index (κ1) is 18.3. The number of aliphatic hydroxyl groups excluding tert-OH is 1. The van der Waals surface area contributed by atoms with Crippen LogP contribution in [0.25, 0.3) is 21.7 Å². The molecule has 0 bridgehead atoms. The number of anilines is 1. The zero-order valence-corrected chi connectivity index (χ0v) is 15.7. The first-order chi connectivity index (χ1) is 13.4. The number of aromatic nitrogens is 1. The number of hydrogen-bond donors (Lipinski definition) is 2. The molecular formula is C21H17ClN2O4. The van der Waals surface area contributed by atoms with E-state index in [0.717, 1.165) is 5.39 Å². The van der Waals surface area contributed by atoms with E-state index < -0.39 is 12.0 Å². The molecule has 0 aliphatic carbocycles. The maximum absolute atomic E-state index is 12.7. The summed E-state index contributed by atoms with van der Waals surface area (Å²) in [6.45, 7) is 1.82. The fraction of sp³-hybridized carbons (Fsp3) is 0.143. The van der Waals surface area contributed by atoms with Crippen molar-refractivity contribution in [1.29, 1.82) is 0 Å². The van der Waals surface area contributed by atoms with Gasteiger partial charge in [0.25, 0.3) is 11.5 Å². The number of amides is 1. The Morgan fingerprint density at radius 1 is 1.21 bits per heavy atom. The molecule has 0 aliphatic rings. The number of pyridine rings is 1. The van der Waals surface area contributed by atoms with Crippen molar-refractivity contribution in [2.45, 2.75) is 19.6 Å². The first-order valence-corrected chi connectivity index (χ1v) is 9.11. The molecule has 0 radical (unpaired) electrons. The first-order valence-electron chi connectivity index (χ1n) is 8.73. The summed E-state index contributed by atoms with van der Waals surface area (Å²) in [5, 5.41) is 14.7. The molecule has 1 unspecified atom stereocenters. The Labute approximate surface area is 165 Å². The van der Waals surface area contributed by atoms with Gasteiger partial charge in [-0.15, -0.1) is 0 Å². The molecule has 28 heavy (non-hydrogen) atoms. The zero-order chi connectivity index (χ0) is 19.8. The number of rotatable bonds is 4. The van der Waals surface area contributed by atoms with E-state index in [4.69, 9.17) is 16.0 Å². The van der Waals surface area contributed by atoms with E-state index in [1.807, 2.05) is 0 Å². The van der Waals surface area contributed by atoms with Crippen molar-refractivity contribution < 1.29 is 14.3 Å². The summed E-state index contributed by atoms with van der Waals surface area (Å²) in [6.07, 6.45) is 0.968. The summed E-state index contributed by atoms with van der Waals surface area (Å²) in [7, 11) is 0. The van der Waals surface area contributed by atoms with Crippen LogP contribution in [0, 0.1) is 0 Å². The molecule has 0 saturated carbocycles. The third-order valence-corrected chi connectivity index (χ3v) is 4.66. The van der Waals surface area contributed by atoms with E-state index in [1.54, 1.807) is 61.7 Å². The molecule has 0 saturated heterocycles. The molecule has 142 valence electrons. The van der Waals surface area contributed by atoms with Gasteiger partial charge >= 0.3 is 0 Å². The fourth-order valence-electron chi connectivity index (χ4n) is 3.17. The molecule has 6 nitrogen and oxygen atoms in total. The topological polar surface area (TPSA) is 84.5 Å². The third-order valence-electron chi connectivity index (χ3n) is 4.43. The van der Waals surface area contributed by atoms with E-state index >= 15 is 0 Å². The highest BCUT2D eigenvalue weighted by Crippen LogP contribution is 2.25. The molecule has 2 aromatic carbocycles. The van der Waals surface area contributed by atoms with Crippen LogP contribution in [-0.2, 0) is 6.54 Å². The van der Waals surface area contributed by atoms with Crippen molar-refractivity contribution in [3.05, 3.63) is 75.9 Å². The minimum Gasteiger partial charge on any atom is -0.451 e. The fourth-order valence-corrected chi connectivity index (χ4v) is 3.35. The zero-order valence-electron chi connectivity index (χ0n) is 15.0. The van der Waals surface area contributed by atoms with Gasteiger partial charge in [-0.3, -0.25) is 9.59 Å². The Morgan fingerprint density at radius 3 is 2.82 bits per heavy atom. The van der Waals surface area contributed by atoms with Crippen molar-refractivity contribution in [2.75, 3.05) is 5.32 Å². The lowest BCUT2D eigenvalue weighted by atomic mass is 10.1. The Bertz CT molecular complexity index is 1260. The van der Waals surface area contributed by atoms with Gasteiger partial charge in [0.05, 0.1) is 12.6 Å². The van der Waals surface area contributed by atoms with Gasteiger partial charge < -0.3 is 19.4 Å². The highest BCUT2D eigenvalue weighted by Gasteiger charge is 2.15. The lowest BCUT2D eigenvalue weighted by Gasteiger charge is -2.11. The molecule has 1 amide bonds. The van der Waals surface area contributed by atoms with Crippen molar-refractivity contribution in [3.63, 3.8) is 0 Å². The van der Waals surface area contributed by atoms with Crippen molar-refractivity contribution in [2.24, 2.45) is 0 Å². The highest BCUT2D eigenvalue weighted by molar-refractivity contribution is 6.31. The molecule has 2 aromatic heterocycles. The number of carbonyl (C=O) groups excluding carboxylic acids is 1. The third kappa shape index (κ3) is 3.40. The summed E-state index contributed by atoms with van der Waals surface area (Å²) in [6, 6.07) is 13.6. The van der Waals surface area contributed by atoms with Crippen molar-refractivity contribution >= 4 is 44.9 Å². The predicted molar refractivity (Wildman–Crippen MR) is 109 cm³/mol. The Kier molecular flexibility index (Phi) is 4.66. The smallest absolute Gasteiger partial charge is 0.291 e. The quantitative estimate of drug-likeness (QED) is 0.545. The number of fused-ring (bicyclic) bond motifs is 2. The van der Waals surface area contributed by atoms with Crippen LogP contribution < -0.4 is 10.9 Å². The van der Waals surface area contributed by atoms with E-state index in [9.17, 15) is 14.7 Å². The number of furan rings is 1. The predicted octanol–water partition coefficient (Wildman–Crippen LogP) is 4.03. The summed E-state index contributed by atoms with van der Waals surface area (Å²) < 4.78 is 7.04. The lowest BCUT2D eigenvalue weighted by Crippen LogP contribution is -2.25. The summed E-state index contributed by atoms with van der Waals surface area (Å²) in [4.78, 5) is 25.3. The van der Waals surface area contributed by atoms with Gasteiger partial charge in [0.2, 0.25) is 0 Å². The molecule has 4 rings (SSSR count). The van der Waals surface area contributed by atoms with Gasteiger partial charge in [-0.1, -0.05) is 17.7 Å². The van der Waals surface area contributed by atoms with Crippen LogP contribution >= 0.6 is 11.6 Å². The standard InChI is InChI=1S/C21H17ClN2O4/c1-12(25)11-24-8-7-15-16(21(24)27)3-2-4-17(15)23-20(26)19-10-13-9-14(22)5-6-18(13)28-19/h2-10,12,25H,11H2,1H3,(H,23,26). The van der Waals surface area contributed by atoms with Crippen LogP contribution in [0.4, 0.5) is 5.69 Å². The van der Waals surface area contributed by atoms with Crippen LogP contribution in [0.5, 0.6) is 0 Å². The van der Waals surface area contributed by atoms with Crippen LogP contribution in [0.3, 0.4) is 0 Å². The number of nitrogens with one attached hydrogen (secondary N) is 1. The average molecular weight is 397 g/mol. The van der Waals surface area contributed by atoms with E-state index in [1.165, 1.54) is 4.57 Å². The lowest BCUT2D eigenvalue weighted by molar-refractivity contribution is 0.0999. The molecule has 2 heterocycles. The minimum atomic E-state index is -0.639. The molecule has 0 aliphatic heterocycles.